The van der Waals surface area contributed by atoms with Crippen molar-refractivity contribution in [3.05, 3.63) is 58.2 Å². The van der Waals surface area contributed by atoms with Crippen molar-refractivity contribution in [1.29, 1.82) is 5.26 Å². The number of nitrogens with one attached hydrogen (secondary N) is 1. The third-order valence-corrected chi connectivity index (χ3v) is 3.58. The average Bonchev–Trinajstić information content (AvgIpc) is 2.77. The lowest BCUT2D eigenvalue weighted by molar-refractivity contribution is 1.37. The van der Waals surface area contributed by atoms with Crippen molar-refractivity contribution >= 4 is 34.1 Å². The van der Waals surface area contributed by atoms with E-state index in [0.29, 0.717) is 15.7 Å². The molecule has 3 rings (SSSR count). The fourth-order valence-electron chi connectivity index (χ4n) is 2.19. The Hall–Kier alpha value is -1.95. The summed E-state index contributed by atoms with van der Waals surface area (Å²) in [7, 11) is 0. The molecule has 0 fully saturated rings. The smallest absolute Gasteiger partial charge is 0.126 e. The van der Waals surface area contributed by atoms with Gasteiger partial charge in [0.25, 0.3) is 0 Å². The maximum absolute atomic E-state index is 9.28. The summed E-state index contributed by atoms with van der Waals surface area (Å²) in [6.45, 7) is 0. The van der Waals surface area contributed by atoms with Crippen molar-refractivity contribution in [1.82, 2.24) is 4.98 Å². The molecule has 0 atom stereocenters. The molecule has 0 spiro atoms. The molecule has 0 saturated heterocycles. The fraction of sp³-hybridized carbons (Fsp3) is 0. The standard InChI is InChI=1S/C15H8Cl2N2/c16-9-5-6-13-11(7-9)15(14(8-18)19-13)10-3-1-2-4-12(10)17/h1-7,19H. The summed E-state index contributed by atoms with van der Waals surface area (Å²) in [5.41, 5.74) is 2.99. The molecule has 3 aromatic rings. The number of benzene rings is 2. The molecular formula is C15H8Cl2N2. The molecule has 0 unspecified atom stereocenters. The molecule has 1 aromatic heterocycles. The first-order valence-electron chi connectivity index (χ1n) is 5.67. The average molecular weight is 287 g/mol. The number of hydrogen-bond acceptors (Lipinski definition) is 1. The number of H-pyrrole nitrogens is 1. The van der Waals surface area contributed by atoms with Crippen LogP contribution in [0.25, 0.3) is 22.0 Å². The lowest BCUT2D eigenvalue weighted by atomic mass is 10.0. The molecule has 0 saturated carbocycles. The molecule has 19 heavy (non-hydrogen) atoms. The van der Waals surface area contributed by atoms with Gasteiger partial charge in [-0.3, -0.25) is 0 Å². The molecule has 1 heterocycles. The maximum Gasteiger partial charge on any atom is 0.126 e. The van der Waals surface area contributed by atoms with Crippen molar-refractivity contribution in [3.8, 4) is 17.2 Å². The maximum atomic E-state index is 9.28. The van der Waals surface area contributed by atoms with Gasteiger partial charge in [-0.05, 0) is 24.3 Å². The lowest BCUT2D eigenvalue weighted by Gasteiger charge is -2.03. The fourth-order valence-corrected chi connectivity index (χ4v) is 2.59. The zero-order chi connectivity index (χ0) is 13.4. The molecule has 1 N–H and O–H groups in total. The van der Waals surface area contributed by atoms with Gasteiger partial charge < -0.3 is 4.98 Å². The zero-order valence-corrected chi connectivity index (χ0v) is 11.3. The van der Waals surface area contributed by atoms with Gasteiger partial charge in [0.1, 0.15) is 11.8 Å². The highest BCUT2D eigenvalue weighted by molar-refractivity contribution is 6.34. The van der Waals surface area contributed by atoms with Gasteiger partial charge in [-0.1, -0.05) is 41.4 Å². The number of nitrogens with zero attached hydrogens (tertiary/aromatic N) is 1. The summed E-state index contributed by atoms with van der Waals surface area (Å²) in [4.78, 5) is 3.09. The highest BCUT2D eigenvalue weighted by Crippen LogP contribution is 2.37. The van der Waals surface area contributed by atoms with E-state index in [1.165, 1.54) is 0 Å². The third-order valence-electron chi connectivity index (χ3n) is 3.02. The normalized spacial score (nSPS) is 10.6. The monoisotopic (exact) mass is 286 g/mol. The third kappa shape index (κ3) is 1.98. The summed E-state index contributed by atoms with van der Waals surface area (Å²) >= 11 is 12.3. The molecule has 0 aliphatic carbocycles. The van der Waals surface area contributed by atoms with Crippen molar-refractivity contribution in [2.45, 2.75) is 0 Å². The molecule has 0 amide bonds. The molecule has 0 aliphatic rings. The second kappa shape index (κ2) is 4.62. The molecule has 0 bridgehead atoms. The Bertz CT molecular complexity index is 813. The van der Waals surface area contributed by atoms with Crippen LogP contribution in [0.15, 0.2) is 42.5 Å². The predicted octanol–water partition coefficient (Wildman–Crippen LogP) is 5.01. The van der Waals surface area contributed by atoms with Crippen LogP contribution in [0.2, 0.25) is 10.0 Å². The molecule has 2 nitrogen and oxygen atoms in total. The van der Waals surface area contributed by atoms with E-state index in [0.717, 1.165) is 22.0 Å². The topological polar surface area (TPSA) is 39.6 Å². The minimum Gasteiger partial charge on any atom is -0.346 e. The summed E-state index contributed by atoms with van der Waals surface area (Å²) in [5.74, 6) is 0. The van der Waals surface area contributed by atoms with Crippen molar-refractivity contribution in [2.75, 3.05) is 0 Å². The minimum absolute atomic E-state index is 0.491. The van der Waals surface area contributed by atoms with Gasteiger partial charge >= 0.3 is 0 Å². The predicted molar refractivity (Wildman–Crippen MR) is 78.5 cm³/mol. The summed E-state index contributed by atoms with van der Waals surface area (Å²) < 4.78 is 0. The SMILES string of the molecule is N#Cc1[nH]c2ccc(Cl)cc2c1-c1ccccc1Cl. The van der Waals surface area contributed by atoms with E-state index in [-0.39, 0.29) is 0 Å². The Kier molecular flexibility index (Phi) is 2.94. The van der Waals surface area contributed by atoms with E-state index < -0.39 is 0 Å². The highest BCUT2D eigenvalue weighted by atomic mass is 35.5. The number of halogens is 2. The van der Waals surface area contributed by atoms with Crippen LogP contribution in [0.1, 0.15) is 5.69 Å². The Morgan fingerprint density at radius 2 is 1.84 bits per heavy atom. The molecule has 2 aromatic carbocycles. The Labute approximate surface area is 120 Å². The Morgan fingerprint density at radius 1 is 1.05 bits per heavy atom. The summed E-state index contributed by atoms with van der Waals surface area (Å²) in [6.07, 6.45) is 0. The zero-order valence-electron chi connectivity index (χ0n) is 9.74. The Balaban J connectivity index is 2.43. The highest BCUT2D eigenvalue weighted by Gasteiger charge is 2.15. The number of aromatic nitrogens is 1. The van der Waals surface area contributed by atoms with Gasteiger partial charge in [0.2, 0.25) is 0 Å². The first-order valence-corrected chi connectivity index (χ1v) is 6.42. The first kappa shape index (κ1) is 12.1. The number of fused-ring (bicyclic) bond motifs is 1. The van der Waals surface area contributed by atoms with Crippen molar-refractivity contribution in [3.63, 3.8) is 0 Å². The first-order chi connectivity index (χ1) is 9.20. The molecular weight excluding hydrogens is 279 g/mol. The van der Waals surface area contributed by atoms with E-state index in [1.807, 2.05) is 30.3 Å². The summed E-state index contributed by atoms with van der Waals surface area (Å²) in [5, 5.41) is 11.4. The molecule has 4 heteroatoms. The summed E-state index contributed by atoms with van der Waals surface area (Å²) in [6, 6.07) is 15.1. The van der Waals surface area contributed by atoms with Crippen LogP contribution in [0, 0.1) is 11.3 Å². The number of nitriles is 1. The van der Waals surface area contributed by atoms with Crippen LogP contribution >= 0.6 is 23.2 Å². The van der Waals surface area contributed by atoms with Gasteiger partial charge in [-0.25, -0.2) is 0 Å². The van der Waals surface area contributed by atoms with Gasteiger partial charge in [-0.2, -0.15) is 5.26 Å². The van der Waals surface area contributed by atoms with Crippen LogP contribution in [0.5, 0.6) is 0 Å². The van der Waals surface area contributed by atoms with E-state index in [9.17, 15) is 5.26 Å². The molecule has 92 valence electrons. The van der Waals surface area contributed by atoms with E-state index in [2.05, 4.69) is 11.1 Å². The van der Waals surface area contributed by atoms with E-state index in [1.54, 1.807) is 12.1 Å². The largest absolute Gasteiger partial charge is 0.346 e. The van der Waals surface area contributed by atoms with Crippen LogP contribution < -0.4 is 0 Å². The quantitative estimate of drug-likeness (QED) is 0.671. The number of rotatable bonds is 1. The van der Waals surface area contributed by atoms with E-state index in [4.69, 9.17) is 23.2 Å². The molecule has 0 aliphatic heterocycles. The van der Waals surface area contributed by atoms with Gasteiger partial charge in [-0.15, -0.1) is 0 Å². The minimum atomic E-state index is 0.491. The van der Waals surface area contributed by atoms with Gasteiger partial charge in [0.15, 0.2) is 0 Å². The van der Waals surface area contributed by atoms with Gasteiger partial charge in [0.05, 0.1) is 0 Å². The van der Waals surface area contributed by atoms with Crippen LogP contribution in [-0.2, 0) is 0 Å². The van der Waals surface area contributed by atoms with E-state index >= 15 is 0 Å². The van der Waals surface area contributed by atoms with Crippen LogP contribution in [0.4, 0.5) is 0 Å². The van der Waals surface area contributed by atoms with Crippen LogP contribution in [-0.4, -0.2) is 4.98 Å². The lowest BCUT2D eigenvalue weighted by Crippen LogP contribution is -1.82. The van der Waals surface area contributed by atoms with Crippen molar-refractivity contribution in [2.24, 2.45) is 0 Å². The second-order valence-corrected chi connectivity index (χ2v) is 5.00. The Morgan fingerprint density at radius 3 is 2.58 bits per heavy atom. The van der Waals surface area contributed by atoms with Gasteiger partial charge in [0, 0.05) is 32.1 Å². The van der Waals surface area contributed by atoms with Crippen molar-refractivity contribution < 1.29 is 0 Å². The molecule has 0 radical (unpaired) electrons. The number of hydrogen-bond donors (Lipinski definition) is 1. The second-order valence-electron chi connectivity index (χ2n) is 4.16. The number of aromatic amines is 1. The van der Waals surface area contributed by atoms with Crippen LogP contribution in [0.3, 0.4) is 0 Å².